The Morgan fingerprint density at radius 3 is 2.62 bits per heavy atom. The topological polar surface area (TPSA) is 122 Å². The van der Waals surface area contributed by atoms with Gasteiger partial charge in [-0.2, -0.15) is 4.98 Å². The van der Waals surface area contributed by atoms with Gasteiger partial charge in [0.2, 0.25) is 21.9 Å². The van der Waals surface area contributed by atoms with E-state index in [0.717, 1.165) is 5.56 Å². The predicted molar refractivity (Wildman–Crippen MR) is 107 cm³/mol. The second-order valence-corrected chi connectivity index (χ2v) is 7.61. The molecule has 0 saturated heterocycles. The van der Waals surface area contributed by atoms with E-state index in [0.29, 0.717) is 5.88 Å². The van der Waals surface area contributed by atoms with Gasteiger partial charge in [0.25, 0.3) is 5.91 Å². The maximum Gasteiger partial charge on any atom is 0.269 e. The van der Waals surface area contributed by atoms with Gasteiger partial charge in [-0.25, -0.2) is 18.1 Å². The van der Waals surface area contributed by atoms with E-state index in [-0.39, 0.29) is 23.0 Å². The lowest BCUT2D eigenvalue weighted by Gasteiger charge is -2.10. The first-order valence-electron chi connectivity index (χ1n) is 8.55. The Hall–Kier alpha value is -3.50. The lowest BCUT2D eigenvalue weighted by molar-refractivity contribution is 0.0962. The zero-order valence-electron chi connectivity index (χ0n) is 15.5. The van der Waals surface area contributed by atoms with Gasteiger partial charge in [0.05, 0.1) is 12.0 Å². The molecule has 0 aliphatic carbocycles. The van der Waals surface area contributed by atoms with Gasteiger partial charge in [-0.3, -0.25) is 15.6 Å². The van der Waals surface area contributed by atoms with Crippen LogP contribution in [0.4, 0.5) is 5.95 Å². The van der Waals surface area contributed by atoms with Crippen LogP contribution in [0.25, 0.3) is 0 Å². The number of aromatic nitrogens is 2. The van der Waals surface area contributed by atoms with Crippen molar-refractivity contribution >= 4 is 21.9 Å². The highest BCUT2D eigenvalue weighted by atomic mass is 32.2. The number of benzene rings is 2. The standard InChI is InChI=1S/C19H19N5O4S/c1-28-17-10-11-20-19(22-17)24-23-18(25)15-8-5-9-16(12-15)29(26,27)21-13-14-6-3-2-4-7-14/h2-12,21H,13H2,1H3,(H,23,25)(H,20,22,24). The number of amides is 1. The van der Waals surface area contributed by atoms with Crippen molar-refractivity contribution in [2.75, 3.05) is 12.5 Å². The summed E-state index contributed by atoms with van der Waals surface area (Å²) >= 11 is 0. The molecule has 29 heavy (non-hydrogen) atoms. The molecule has 3 N–H and O–H groups in total. The summed E-state index contributed by atoms with van der Waals surface area (Å²) in [5.74, 6) is -0.0862. The fourth-order valence-corrected chi connectivity index (χ4v) is 3.43. The molecule has 10 heteroatoms. The molecular formula is C19H19N5O4S. The summed E-state index contributed by atoms with van der Waals surface area (Å²) in [5.41, 5.74) is 5.96. The summed E-state index contributed by atoms with van der Waals surface area (Å²) in [6.07, 6.45) is 1.46. The molecule has 150 valence electrons. The van der Waals surface area contributed by atoms with Crippen LogP contribution in [0.2, 0.25) is 0 Å². The Bertz CT molecular complexity index is 1090. The summed E-state index contributed by atoms with van der Waals surface area (Å²) in [6, 6.07) is 16.4. The Morgan fingerprint density at radius 1 is 1.07 bits per heavy atom. The number of nitrogens with one attached hydrogen (secondary N) is 3. The quantitative estimate of drug-likeness (QED) is 0.481. The highest BCUT2D eigenvalue weighted by Crippen LogP contribution is 2.13. The Labute approximate surface area is 168 Å². The van der Waals surface area contributed by atoms with Crippen molar-refractivity contribution in [3.63, 3.8) is 0 Å². The summed E-state index contributed by atoms with van der Waals surface area (Å²) < 4.78 is 32.6. The van der Waals surface area contributed by atoms with Crippen molar-refractivity contribution in [1.29, 1.82) is 0 Å². The molecule has 1 aromatic heterocycles. The number of rotatable bonds is 8. The van der Waals surface area contributed by atoms with Gasteiger partial charge in [0.1, 0.15) is 0 Å². The molecule has 1 heterocycles. The van der Waals surface area contributed by atoms with Gasteiger partial charge in [-0.1, -0.05) is 36.4 Å². The molecule has 0 unspecified atom stereocenters. The van der Waals surface area contributed by atoms with Gasteiger partial charge in [-0.05, 0) is 23.8 Å². The minimum atomic E-state index is -3.78. The molecule has 2 aromatic carbocycles. The Balaban J connectivity index is 1.66. The van der Waals surface area contributed by atoms with E-state index < -0.39 is 15.9 Å². The fourth-order valence-electron chi connectivity index (χ4n) is 2.36. The van der Waals surface area contributed by atoms with E-state index in [4.69, 9.17) is 4.74 Å². The third kappa shape index (κ3) is 5.50. The highest BCUT2D eigenvalue weighted by Gasteiger charge is 2.16. The first-order valence-corrected chi connectivity index (χ1v) is 10.0. The van der Waals surface area contributed by atoms with E-state index in [1.807, 2.05) is 30.3 Å². The average molecular weight is 413 g/mol. The fraction of sp³-hybridized carbons (Fsp3) is 0.105. The second kappa shape index (κ2) is 9.13. The number of sulfonamides is 1. The van der Waals surface area contributed by atoms with Gasteiger partial charge < -0.3 is 4.74 Å². The lowest BCUT2D eigenvalue weighted by atomic mass is 10.2. The smallest absolute Gasteiger partial charge is 0.269 e. The summed E-state index contributed by atoms with van der Waals surface area (Å²) in [5, 5.41) is 0. The number of carbonyl (C=O) groups excluding carboxylic acids is 1. The molecule has 0 aliphatic rings. The summed E-state index contributed by atoms with van der Waals surface area (Å²) in [7, 11) is -2.32. The van der Waals surface area contributed by atoms with Gasteiger partial charge in [0.15, 0.2) is 0 Å². The van der Waals surface area contributed by atoms with Crippen LogP contribution < -0.4 is 20.3 Å². The number of hydrogen-bond donors (Lipinski definition) is 3. The van der Waals surface area contributed by atoms with Crippen LogP contribution in [-0.4, -0.2) is 31.4 Å². The number of hydrogen-bond acceptors (Lipinski definition) is 7. The van der Waals surface area contributed by atoms with E-state index in [9.17, 15) is 13.2 Å². The number of methoxy groups -OCH3 is 1. The van der Waals surface area contributed by atoms with Crippen molar-refractivity contribution in [1.82, 2.24) is 20.1 Å². The first kappa shape index (κ1) is 20.2. The van der Waals surface area contributed by atoms with E-state index in [1.54, 1.807) is 6.07 Å². The summed E-state index contributed by atoms with van der Waals surface area (Å²) in [4.78, 5) is 20.3. The normalized spacial score (nSPS) is 10.9. The molecule has 9 nitrogen and oxygen atoms in total. The Kier molecular flexibility index (Phi) is 6.37. The van der Waals surface area contributed by atoms with E-state index >= 15 is 0 Å². The number of carbonyl (C=O) groups is 1. The third-order valence-electron chi connectivity index (χ3n) is 3.84. The molecular weight excluding hydrogens is 394 g/mol. The van der Waals surface area contributed by atoms with Crippen molar-refractivity contribution < 1.29 is 17.9 Å². The number of ether oxygens (including phenoxy) is 1. The second-order valence-electron chi connectivity index (χ2n) is 5.84. The van der Waals surface area contributed by atoms with Crippen LogP contribution in [0.5, 0.6) is 5.88 Å². The maximum atomic E-state index is 12.5. The molecule has 0 spiro atoms. The number of nitrogens with zero attached hydrogens (tertiary/aromatic N) is 2. The van der Waals surface area contributed by atoms with Crippen LogP contribution in [0.3, 0.4) is 0 Å². The van der Waals surface area contributed by atoms with E-state index in [2.05, 4.69) is 25.5 Å². The molecule has 0 aliphatic heterocycles. The predicted octanol–water partition coefficient (Wildman–Crippen LogP) is 1.72. The maximum absolute atomic E-state index is 12.5. The average Bonchev–Trinajstić information content (AvgIpc) is 2.77. The van der Waals surface area contributed by atoms with Crippen molar-refractivity contribution in [3.05, 3.63) is 78.0 Å². The van der Waals surface area contributed by atoms with Gasteiger partial charge >= 0.3 is 0 Å². The molecule has 3 rings (SSSR count). The third-order valence-corrected chi connectivity index (χ3v) is 5.24. The highest BCUT2D eigenvalue weighted by molar-refractivity contribution is 7.89. The Morgan fingerprint density at radius 2 is 1.86 bits per heavy atom. The van der Waals surface area contributed by atoms with Crippen molar-refractivity contribution in [2.24, 2.45) is 0 Å². The van der Waals surface area contributed by atoms with Gasteiger partial charge in [-0.15, -0.1) is 0 Å². The zero-order valence-corrected chi connectivity index (χ0v) is 16.3. The zero-order chi connectivity index (χ0) is 20.7. The monoisotopic (exact) mass is 413 g/mol. The molecule has 0 saturated carbocycles. The van der Waals surface area contributed by atoms with Crippen LogP contribution in [-0.2, 0) is 16.6 Å². The number of hydrazine groups is 1. The van der Waals surface area contributed by atoms with Crippen LogP contribution in [0.1, 0.15) is 15.9 Å². The molecule has 0 radical (unpaired) electrons. The van der Waals surface area contributed by atoms with Gasteiger partial charge in [0, 0.05) is 24.4 Å². The first-order chi connectivity index (χ1) is 14.0. The van der Waals surface area contributed by atoms with Crippen LogP contribution in [0, 0.1) is 0 Å². The van der Waals surface area contributed by atoms with E-state index in [1.165, 1.54) is 37.6 Å². The summed E-state index contributed by atoms with van der Waals surface area (Å²) in [6.45, 7) is 0.147. The number of anilines is 1. The molecule has 0 atom stereocenters. The minimum absolute atomic E-state index is 0.0151. The van der Waals surface area contributed by atoms with Crippen molar-refractivity contribution in [3.8, 4) is 5.88 Å². The molecule has 0 fully saturated rings. The minimum Gasteiger partial charge on any atom is -0.481 e. The van der Waals surface area contributed by atoms with Crippen molar-refractivity contribution in [2.45, 2.75) is 11.4 Å². The van der Waals surface area contributed by atoms with Crippen LogP contribution in [0.15, 0.2) is 71.8 Å². The largest absolute Gasteiger partial charge is 0.481 e. The molecule has 3 aromatic rings. The lowest BCUT2D eigenvalue weighted by Crippen LogP contribution is -2.30. The SMILES string of the molecule is COc1ccnc(NNC(=O)c2cccc(S(=O)(=O)NCc3ccccc3)c2)n1. The molecule has 0 bridgehead atoms. The van der Waals surface area contributed by atoms with Crippen LogP contribution >= 0.6 is 0 Å². The molecule has 1 amide bonds.